The quantitative estimate of drug-likeness (QED) is 0.341. The maximum Gasteiger partial charge on any atom is 0.318 e. The van der Waals surface area contributed by atoms with Gasteiger partial charge in [-0.1, -0.05) is 59.7 Å². The van der Waals surface area contributed by atoms with Crippen molar-refractivity contribution in [3.8, 4) is 5.00 Å². The maximum atomic E-state index is 13.9. The van der Waals surface area contributed by atoms with Crippen LogP contribution in [0.25, 0.3) is 5.00 Å². The highest BCUT2D eigenvalue weighted by Gasteiger charge is 2.35. The summed E-state index contributed by atoms with van der Waals surface area (Å²) in [6.07, 6.45) is 6.94. The number of amides is 2. The van der Waals surface area contributed by atoms with Crippen LogP contribution in [0.1, 0.15) is 62.8 Å². The van der Waals surface area contributed by atoms with Crippen LogP contribution in [0.15, 0.2) is 66.9 Å². The van der Waals surface area contributed by atoms with Gasteiger partial charge in [-0.2, -0.15) is 0 Å². The van der Waals surface area contributed by atoms with Gasteiger partial charge in [-0.25, -0.2) is 4.79 Å². The van der Waals surface area contributed by atoms with Crippen LogP contribution in [0.2, 0.25) is 0 Å². The van der Waals surface area contributed by atoms with Gasteiger partial charge in [0.05, 0.1) is 18.3 Å². The van der Waals surface area contributed by atoms with Crippen molar-refractivity contribution in [3.05, 3.63) is 111 Å². The third-order valence-electron chi connectivity index (χ3n) is 7.40. The van der Waals surface area contributed by atoms with Gasteiger partial charge in [0.15, 0.2) is 0 Å². The first-order valence-electron chi connectivity index (χ1n) is 12.6. The fourth-order valence-electron chi connectivity index (χ4n) is 5.47. The summed E-state index contributed by atoms with van der Waals surface area (Å²) in [5.74, 6) is 0. The molecule has 6 rings (SSSR count). The molecule has 0 unspecified atom stereocenters. The Balaban J connectivity index is 1.42. The zero-order chi connectivity index (χ0) is 23.9. The molecule has 2 aliphatic rings. The number of aryl methyl sites for hydroxylation is 3. The Morgan fingerprint density at radius 1 is 0.943 bits per heavy atom. The number of thiophene rings is 1. The van der Waals surface area contributed by atoms with Gasteiger partial charge in [0.2, 0.25) is 0 Å². The normalized spacial score (nSPS) is 16.7. The lowest BCUT2D eigenvalue weighted by Crippen LogP contribution is -2.41. The van der Waals surface area contributed by atoms with E-state index in [4.69, 9.17) is 0 Å². The summed E-state index contributed by atoms with van der Waals surface area (Å²) in [5, 5.41) is 4.53. The lowest BCUT2D eigenvalue weighted by atomic mass is 9.95. The number of benzene rings is 2. The van der Waals surface area contributed by atoms with Gasteiger partial charge in [0, 0.05) is 23.2 Å². The van der Waals surface area contributed by atoms with E-state index in [2.05, 4.69) is 95.5 Å². The molecular weight excluding hydrogens is 450 g/mol. The van der Waals surface area contributed by atoms with Crippen LogP contribution in [-0.2, 0) is 25.9 Å². The molecule has 4 aromatic rings. The first kappa shape index (κ1) is 22.2. The average molecular weight is 482 g/mol. The highest BCUT2D eigenvalue weighted by atomic mass is 32.1. The van der Waals surface area contributed by atoms with Crippen molar-refractivity contribution < 1.29 is 4.79 Å². The Morgan fingerprint density at radius 2 is 1.66 bits per heavy atom. The largest absolute Gasteiger partial charge is 0.334 e. The number of urea groups is 1. The van der Waals surface area contributed by atoms with E-state index >= 15 is 0 Å². The zero-order valence-electron chi connectivity index (χ0n) is 20.4. The molecule has 1 aliphatic heterocycles. The summed E-state index contributed by atoms with van der Waals surface area (Å²) in [6.45, 7) is 5.34. The van der Waals surface area contributed by atoms with Crippen molar-refractivity contribution in [1.29, 1.82) is 0 Å². The van der Waals surface area contributed by atoms with Crippen LogP contribution < -0.4 is 5.32 Å². The van der Waals surface area contributed by atoms with E-state index < -0.39 is 0 Å². The minimum Gasteiger partial charge on any atom is -0.334 e. The molecule has 0 saturated carbocycles. The molecule has 2 amide bonds. The van der Waals surface area contributed by atoms with Gasteiger partial charge in [-0.05, 0) is 68.4 Å². The van der Waals surface area contributed by atoms with Crippen LogP contribution in [-0.4, -0.2) is 15.5 Å². The number of hydrogen-bond donors (Lipinski definition) is 1. The van der Waals surface area contributed by atoms with Crippen LogP contribution in [0.5, 0.6) is 0 Å². The van der Waals surface area contributed by atoms with Crippen molar-refractivity contribution in [2.24, 2.45) is 0 Å². The monoisotopic (exact) mass is 481 g/mol. The number of nitrogens with one attached hydrogen (secondary N) is 1. The molecule has 178 valence electrons. The number of carbonyl (C=O) groups excluding carboxylic acids is 1. The lowest BCUT2D eigenvalue weighted by molar-refractivity contribution is 0.180. The number of aromatic nitrogens is 1. The molecule has 1 N–H and O–H groups in total. The van der Waals surface area contributed by atoms with Gasteiger partial charge in [-0.3, -0.25) is 0 Å². The van der Waals surface area contributed by atoms with Gasteiger partial charge < -0.3 is 14.8 Å². The molecule has 0 saturated heterocycles. The van der Waals surface area contributed by atoms with E-state index in [1.165, 1.54) is 45.0 Å². The van der Waals surface area contributed by atoms with Crippen molar-refractivity contribution in [2.75, 3.05) is 0 Å². The molecule has 0 bridgehead atoms. The minimum atomic E-state index is -0.151. The summed E-state index contributed by atoms with van der Waals surface area (Å²) in [7, 11) is 0. The first-order valence-corrected chi connectivity index (χ1v) is 13.4. The van der Waals surface area contributed by atoms with Crippen molar-refractivity contribution in [3.63, 3.8) is 0 Å². The molecule has 1 aliphatic carbocycles. The number of fused-ring (bicyclic) bond motifs is 5. The Morgan fingerprint density at radius 3 is 2.43 bits per heavy atom. The first-order chi connectivity index (χ1) is 17.1. The van der Waals surface area contributed by atoms with E-state index in [0.29, 0.717) is 13.1 Å². The summed E-state index contributed by atoms with van der Waals surface area (Å²) in [6, 6.07) is 21.1. The molecule has 0 radical (unpaired) electrons. The van der Waals surface area contributed by atoms with Crippen LogP contribution >= 0.6 is 11.3 Å². The van der Waals surface area contributed by atoms with Crippen LogP contribution in [0.4, 0.5) is 4.79 Å². The molecule has 2 aromatic carbocycles. The van der Waals surface area contributed by atoms with Crippen LogP contribution in [0.3, 0.4) is 0 Å². The van der Waals surface area contributed by atoms with Gasteiger partial charge >= 0.3 is 6.03 Å². The van der Waals surface area contributed by atoms with Crippen LogP contribution in [0, 0.1) is 13.8 Å². The molecule has 4 nitrogen and oxygen atoms in total. The third-order valence-corrected chi connectivity index (χ3v) is 8.73. The molecule has 2 aromatic heterocycles. The van der Waals surface area contributed by atoms with E-state index in [1.807, 2.05) is 11.3 Å². The highest BCUT2D eigenvalue weighted by Crippen LogP contribution is 2.44. The van der Waals surface area contributed by atoms with Crippen molar-refractivity contribution in [2.45, 2.75) is 58.7 Å². The second-order valence-electron chi connectivity index (χ2n) is 9.88. The number of carbonyl (C=O) groups is 1. The van der Waals surface area contributed by atoms with Crippen molar-refractivity contribution in [1.82, 2.24) is 14.8 Å². The number of rotatable bonds is 3. The maximum absolute atomic E-state index is 13.9. The number of hydrogen-bond acceptors (Lipinski definition) is 2. The Kier molecular flexibility index (Phi) is 5.73. The van der Waals surface area contributed by atoms with Gasteiger partial charge in [-0.15, -0.1) is 11.3 Å². The average Bonchev–Trinajstić information content (AvgIpc) is 3.46. The minimum absolute atomic E-state index is 0.0208. The Labute approximate surface area is 211 Å². The molecule has 1 atom stereocenters. The predicted molar refractivity (Wildman–Crippen MR) is 142 cm³/mol. The summed E-state index contributed by atoms with van der Waals surface area (Å²) >= 11 is 1.93. The molecule has 3 heterocycles. The molecule has 35 heavy (non-hydrogen) atoms. The standard InChI is InChI=1S/C30H31N3OS/c1-20-9-13-22(14-10-20)18-31-30(34)33-19-25-24-6-3-4-8-27(24)35-29(25)32-17-5-7-26(32)28(33)23-15-11-21(2)12-16-23/h5,7,9-17,28H,3-4,6,8,18-19H2,1-2H3,(H,31,34)/t28-/m1/s1. The molecule has 0 fully saturated rings. The second-order valence-corrected chi connectivity index (χ2v) is 11.0. The van der Waals surface area contributed by atoms with E-state index in [9.17, 15) is 4.79 Å². The SMILES string of the molecule is Cc1ccc(CNC(=O)N2Cc3c(sc4c3CCCC4)-n3cccc3[C@H]2c2ccc(C)cc2)cc1. The molecule has 0 spiro atoms. The topological polar surface area (TPSA) is 37.3 Å². The fourth-order valence-corrected chi connectivity index (χ4v) is 6.88. The Bertz CT molecular complexity index is 1360. The second kappa shape index (κ2) is 9.04. The third kappa shape index (κ3) is 4.08. The fraction of sp³-hybridized carbons (Fsp3) is 0.300. The van der Waals surface area contributed by atoms with E-state index in [1.54, 1.807) is 0 Å². The number of nitrogens with zero attached hydrogens (tertiary/aromatic N) is 2. The van der Waals surface area contributed by atoms with E-state index in [-0.39, 0.29) is 12.1 Å². The van der Waals surface area contributed by atoms with Gasteiger partial charge in [0.25, 0.3) is 0 Å². The highest BCUT2D eigenvalue weighted by molar-refractivity contribution is 7.15. The smallest absolute Gasteiger partial charge is 0.318 e. The van der Waals surface area contributed by atoms with Gasteiger partial charge in [0.1, 0.15) is 5.00 Å². The lowest BCUT2D eigenvalue weighted by Gasteiger charge is -2.31. The summed E-state index contributed by atoms with van der Waals surface area (Å²) in [5.41, 5.74) is 8.67. The predicted octanol–water partition coefficient (Wildman–Crippen LogP) is 6.85. The Hall–Kier alpha value is -3.31. The summed E-state index contributed by atoms with van der Waals surface area (Å²) < 4.78 is 2.34. The molecule has 5 heteroatoms. The summed E-state index contributed by atoms with van der Waals surface area (Å²) in [4.78, 5) is 17.4. The van der Waals surface area contributed by atoms with E-state index in [0.717, 1.165) is 29.7 Å². The van der Waals surface area contributed by atoms with Crippen molar-refractivity contribution >= 4 is 17.4 Å². The molecular formula is C30H31N3OS. The zero-order valence-corrected chi connectivity index (χ0v) is 21.2.